The van der Waals surface area contributed by atoms with Crippen molar-refractivity contribution < 1.29 is 23.9 Å². The minimum Gasteiger partial charge on any atom is -0.484 e. The second-order valence-electron chi connectivity index (χ2n) is 9.92. The minimum atomic E-state index is -1.77. The average Bonchev–Trinajstić information content (AvgIpc) is 3.04. The van der Waals surface area contributed by atoms with Gasteiger partial charge >= 0.3 is 5.97 Å². The summed E-state index contributed by atoms with van der Waals surface area (Å²) >= 11 is 18.7. The Kier molecular flexibility index (Phi) is 8.73. The summed E-state index contributed by atoms with van der Waals surface area (Å²) in [6, 6.07) is 7.85. The molecule has 1 unspecified atom stereocenters. The second kappa shape index (κ2) is 10.8. The van der Waals surface area contributed by atoms with E-state index in [0.717, 1.165) is 0 Å². The van der Waals surface area contributed by atoms with E-state index in [4.69, 9.17) is 44.3 Å². The van der Waals surface area contributed by atoms with Gasteiger partial charge in [0, 0.05) is 16.8 Å². The molecule has 2 aliphatic heterocycles. The molecule has 0 saturated carbocycles. The number of carbonyl (C=O) groups is 3. The van der Waals surface area contributed by atoms with E-state index >= 15 is 0 Å². The number of ether oxygens (including phenoxy) is 2. The van der Waals surface area contributed by atoms with E-state index in [0.29, 0.717) is 5.75 Å². The van der Waals surface area contributed by atoms with Crippen molar-refractivity contribution >= 4 is 64.3 Å². The van der Waals surface area contributed by atoms with Crippen LogP contribution in [0.3, 0.4) is 0 Å². The molecule has 12 heteroatoms. The summed E-state index contributed by atoms with van der Waals surface area (Å²) < 4.78 is 8.38. The van der Waals surface area contributed by atoms with Gasteiger partial charge in [-0.25, -0.2) is 4.79 Å². The van der Waals surface area contributed by atoms with Crippen LogP contribution >= 0.6 is 46.6 Å². The Hall–Kier alpha value is -1.39. The number of esters is 1. The Morgan fingerprint density at radius 3 is 2.25 bits per heavy atom. The van der Waals surface area contributed by atoms with E-state index in [2.05, 4.69) is 5.32 Å². The Morgan fingerprint density at radius 2 is 1.72 bits per heavy atom. The van der Waals surface area contributed by atoms with Crippen LogP contribution in [-0.4, -0.2) is 78.5 Å². The molecule has 1 aromatic carbocycles. The fourth-order valence-electron chi connectivity index (χ4n) is 5.00. The van der Waals surface area contributed by atoms with Crippen LogP contribution in [-0.2, 0) is 19.1 Å². The number of hydrogen-bond donors (Lipinski definition) is 1. The largest absolute Gasteiger partial charge is 0.484 e. The zero-order valence-corrected chi connectivity index (χ0v) is 24.2. The highest BCUT2D eigenvalue weighted by Gasteiger charge is 2.74. The third-order valence-electron chi connectivity index (χ3n) is 6.09. The number of hydrogen-bond acceptors (Lipinski definition) is 7. The van der Waals surface area contributed by atoms with Crippen molar-refractivity contribution in [2.45, 2.75) is 79.2 Å². The molecule has 2 heterocycles. The number of nitrogens with zero attached hydrogens (tertiary/aromatic N) is 2. The number of alkyl halides is 3. The topological polar surface area (TPSA) is 88.2 Å². The van der Waals surface area contributed by atoms with E-state index in [1.54, 1.807) is 24.3 Å². The fraction of sp³-hybridized carbons (Fsp3) is 0.625. The first-order valence-corrected chi connectivity index (χ1v) is 13.6. The fourth-order valence-corrected chi connectivity index (χ4v) is 6.86. The lowest BCUT2D eigenvalue weighted by molar-refractivity contribution is -0.190. The molecule has 1 N–H and O–H groups in total. The summed E-state index contributed by atoms with van der Waals surface area (Å²) in [7, 11) is 0. The van der Waals surface area contributed by atoms with Gasteiger partial charge in [-0.05, 0) is 53.7 Å². The van der Waals surface area contributed by atoms with Gasteiger partial charge < -0.3 is 19.7 Å². The van der Waals surface area contributed by atoms with Crippen molar-refractivity contribution in [3.8, 4) is 5.75 Å². The van der Waals surface area contributed by atoms with Gasteiger partial charge in [0.05, 0.1) is 0 Å². The van der Waals surface area contributed by atoms with E-state index in [1.807, 2.05) is 52.5 Å². The van der Waals surface area contributed by atoms with Crippen LogP contribution in [0.25, 0.3) is 0 Å². The quantitative estimate of drug-likeness (QED) is 0.205. The standard InChI is InChI=1S/C24H32Cl3N3O5S/c1-14(2)30(15(3)4)24(28-17(31)12-34-16-10-8-7-9-11-16)20(33)29-18(22(5,6)36-21(24)29)19(32)35-13-23(25,26)27/h7-11,14-15,18,21H,12-13H2,1-6H3,(H,28,31)/t18-,21+,24?/m0/s1. The molecule has 2 amide bonds. The summed E-state index contributed by atoms with van der Waals surface area (Å²) in [6.45, 7) is 10.8. The second-order valence-corrected chi connectivity index (χ2v) is 14.2. The Morgan fingerprint density at radius 1 is 1.14 bits per heavy atom. The molecular weight excluding hydrogens is 549 g/mol. The lowest BCUT2D eigenvalue weighted by Gasteiger charge is -2.60. The molecule has 200 valence electrons. The van der Waals surface area contributed by atoms with Crippen molar-refractivity contribution in [3.63, 3.8) is 0 Å². The van der Waals surface area contributed by atoms with E-state index in [-0.39, 0.29) is 18.7 Å². The van der Waals surface area contributed by atoms with Gasteiger partial charge in [-0.15, -0.1) is 11.8 Å². The number of fused-ring (bicyclic) bond motifs is 1. The van der Waals surface area contributed by atoms with Gasteiger partial charge in [0.2, 0.25) is 9.46 Å². The van der Waals surface area contributed by atoms with Crippen LogP contribution < -0.4 is 10.1 Å². The van der Waals surface area contributed by atoms with Crippen LogP contribution in [0.15, 0.2) is 30.3 Å². The summed E-state index contributed by atoms with van der Waals surface area (Å²) in [6.07, 6.45) is 0. The average molecular weight is 581 g/mol. The van der Waals surface area contributed by atoms with Gasteiger partial charge in [0.15, 0.2) is 6.61 Å². The normalized spacial score (nSPS) is 25.1. The summed E-state index contributed by atoms with van der Waals surface area (Å²) in [5, 5.41) is 2.43. The maximum Gasteiger partial charge on any atom is 0.330 e. The van der Waals surface area contributed by atoms with Gasteiger partial charge in [0.25, 0.3) is 11.8 Å². The lowest BCUT2D eigenvalue weighted by atomic mass is 9.88. The molecule has 3 atom stereocenters. The highest BCUT2D eigenvalue weighted by atomic mass is 35.6. The van der Waals surface area contributed by atoms with Gasteiger partial charge in [-0.3, -0.25) is 14.5 Å². The number of thioether (sulfide) groups is 1. The molecule has 8 nitrogen and oxygen atoms in total. The zero-order chi connectivity index (χ0) is 27.1. The molecule has 36 heavy (non-hydrogen) atoms. The predicted molar refractivity (Wildman–Crippen MR) is 142 cm³/mol. The molecule has 0 aliphatic carbocycles. The SMILES string of the molecule is CC(C)N(C(C)C)C1(NC(=O)COc2ccccc2)C(=O)N2[C@@H](C(=O)OCC(Cl)(Cl)Cl)C(C)(C)S[C@@H]21. The lowest BCUT2D eigenvalue weighted by Crippen LogP contribution is -2.87. The monoisotopic (exact) mass is 579 g/mol. The highest BCUT2D eigenvalue weighted by molar-refractivity contribution is 8.01. The third kappa shape index (κ3) is 5.70. The maximum atomic E-state index is 14.0. The molecule has 0 bridgehead atoms. The number of rotatable bonds is 9. The van der Waals surface area contributed by atoms with Crippen LogP contribution in [0.4, 0.5) is 0 Å². The number of amides is 2. The van der Waals surface area contributed by atoms with Crippen LogP contribution in [0.1, 0.15) is 41.5 Å². The van der Waals surface area contributed by atoms with E-state index in [1.165, 1.54) is 16.7 Å². The predicted octanol–water partition coefficient (Wildman–Crippen LogP) is 3.97. The molecule has 1 aromatic rings. The van der Waals surface area contributed by atoms with Crippen LogP contribution in [0, 0.1) is 0 Å². The van der Waals surface area contributed by atoms with Gasteiger partial charge in [0.1, 0.15) is 23.8 Å². The molecule has 2 aliphatic rings. The molecule has 2 saturated heterocycles. The Bertz CT molecular complexity index is 981. The maximum absolute atomic E-state index is 14.0. The number of benzene rings is 1. The molecular formula is C24H32Cl3N3O5S. The van der Waals surface area contributed by atoms with Crippen LogP contribution in [0.2, 0.25) is 0 Å². The number of nitrogens with one attached hydrogen (secondary N) is 1. The van der Waals surface area contributed by atoms with Gasteiger partial charge in [-0.2, -0.15) is 0 Å². The van der Waals surface area contributed by atoms with Crippen molar-refractivity contribution in [2.75, 3.05) is 13.2 Å². The Balaban J connectivity index is 1.90. The van der Waals surface area contributed by atoms with Crippen molar-refractivity contribution in [1.82, 2.24) is 15.1 Å². The van der Waals surface area contributed by atoms with Crippen molar-refractivity contribution in [2.24, 2.45) is 0 Å². The Labute approximate surface area is 231 Å². The number of β-lactam (4-membered cyclic amide) rings is 1. The van der Waals surface area contributed by atoms with Crippen LogP contribution in [0.5, 0.6) is 5.75 Å². The first-order valence-electron chi connectivity index (χ1n) is 11.6. The third-order valence-corrected chi connectivity index (χ3v) is 8.04. The first-order chi connectivity index (χ1) is 16.6. The van der Waals surface area contributed by atoms with Crippen molar-refractivity contribution in [1.29, 1.82) is 0 Å². The summed E-state index contributed by atoms with van der Waals surface area (Å²) in [4.78, 5) is 43.6. The zero-order valence-electron chi connectivity index (χ0n) is 21.1. The molecule has 3 rings (SSSR count). The molecule has 2 fully saturated rings. The first kappa shape index (κ1) is 29.2. The van der Waals surface area contributed by atoms with E-state index in [9.17, 15) is 14.4 Å². The highest BCUT2D eigenvalue weighted by Crippen LogP contribution is 2.56. The van der Waals surface area contributed by atoms with Gasteiger partial charge in [-0.1, -0.05) is 53.0 Å². The molecule has 0 radical (unpaired) electrons. The van der Waals surface area contributed by atoms with Crippen molar-refractivity contribution in [3.05, 3.63) is 30.3 Å². The number of carbonyl (C=O) groups excluding carboxylic acids is 3. The minimum absolute atomic E-state index is 0.0921. The molecule has 0 aromatic heterocycles. The summed E-state index contributed by atoms with van der Waals surface area (Å²) in [5.41, 5.74) is -1.37. The smallest absolute Gasteiger partial charge is 0.330 e. The number of halogens is 3. The van der Waals surface area contributed by atoms with E-state index < -0.39 is 50.0 Å². The molecule has 0 spiro atoms. The number of para-hydroxylation sites is 1. The summed E-state index contributed by atoms with van der Waals surface area (Å²) in [5.74, 6) is -0.959.